The number of hydrogen-bond acceptors (Lipinski definition) is 4. The van der Waals surface area contributed by atoms with Crippen LogP contribution in [0.4, 0.5) is 0 Å². The van der Waals surface area contributed by atoms with Gasteiger partial charge in [-0.25, -0.2) is 4.79 Å². The normalized spacial score (nSPS) is 17.3. The van der Waals surface area contributed by atoms with Crippen LogP contribution in [0, 0.1) is 16.2 Å². The molecule has 2 rings (SSSR count). The Hall–Kier alpha value is -2.17. The molecule has 2 amide bonds. The highest BCUT2D eigenvalue weighted by Gasteiger charge is 2.50. The van der Waals surface area contributed by atoms with E-state index in [9.17, 15) is 14.4 Å². The zero-order chi connectivity index (χ0) is 19.2. The Morgan fingerprint density at radius 3 is 1.72 bits per heavy atom. The van der Waals surface area contributed by atoms with Crippen molar-refractivity contribution in [1.29, 1.82) is 0 Å². The van der Waals surface area contributed by atoms with E-state index in [0.717, 1.165) is 0 Å². The molecule has 5 nitrogen and oxygen atoms in total. The van der Waals surface area contributed by atoms with Crippen LogP contribution in [-0.4, -0.2) is 22.8 Å². The summed E-state index contributed by atoms with van der Waals surface area (Å²) in [7, 11) is 0. The fraction of sp³-hybridized carbons (Fsp3) is 0.550. The van der Waals surface area contributed by atoms with Crippen LogP contribution in [0.25, 0.3) is 0 Å². The Morgan fingerprint density at radius 1 is 0.920 bits per heavy atom. The molecule has 0 N–H and O–H groups in total. The number of hydrogen-bond donors (Lipinski definition) is 0. The van der Waals surface area contributed by atoms with Crippen LogP contribution in [0.3, 0.4) is 0 Å². The summed E-state index contributed by atoms with van der Waals surface area (Å²) < 4.78 is 0. The van der Waals surface area contributed by atoms with Gasteiger partial charge in [0.2, 0.25) is 0 Å². The van der Waals surface area contributed by atoms with Crippen molar-refractivity contribution in [3.05, 3.63) is 35.4 Å². The molecule has 5 heteroatoms. The predicted octanol–water partition coefficient (Wildman–Crippen LogP) is 4.23. The maximum atomic E-state index is 13.0. The topological polar surface area (TPSA) is 63.7 Å². The first-order chi connectivity index (χ1) is 11.3. The molecule has 1 aromatic carbocycles. The lowest BCUT2D eigenvalue weighted by Gasteiger charge is -2.43. The van der Waals surface area contributed by atoms with Gasteiger partial charge in [0.15, 0.2) is 0 Å². The maximum absolute atomic E-state index is 13.0. The molecular weight excluding hydrogens is 318 g/mol. The average molecular weight is 345 g/mol. The van der Waals surface area contributed by atoms with Crippen molar-refractivity contribution in [3.63, 3.8) is 0 Å². The van der Waals surface area contributed by atoms with Crippen LogP contribution in [-0.2, 0) is 9.63 Å². The van der Waals surface area contributed by atoms with E-state index in [1.54, 1.807) is 24.3 Å². The Labute approximate surface area is 149 Å². The molecule has 0 aromatic heterocycles. The number of amides is 2. The van der Waals surface area contributed by atoms with E-state index in [4.69, 9.17) is 4.84 Å². The molecular formula is C20H27NO4. The van der Waals surface area contributed by atoms with Gasteiger partial charge in [0.05, 0.1) is 16.5 Å². The molecule has 136 valence electrons. The van der Waals surface area contributed by atoms with Crippen LogP contribution < -0.4 is 0 Å². The number of benzene rings is 1. The fourth-order valence-electron chi connectivity index (χ4n) is 3.14. The van der Waals surface area contributed by atoms with Crippen LogP contribution in [0.5, 0.6) is 0 Å². The molecule has 0 fully saturated rings. The third kappa shape index (κ3) is 3.46. The highest BCUT2D eigenvalue weighted by atomic mass is 16.7. The minimum Gasteiger partial charge on any atom is -0.329 e. The molecule has 1 unspecified atom stereocenters. The number of fused-ring (bicyclic) bond motifs is 1. The molecule has 0 spiro atoms. The summed E-state index contributed by atoms with van der Waals surface area (Å²) in [4.78, 5) is 43.2. The lowest BCUT2D eigenvalue weighted by molar-refractivity contribution is -0.189. The standard InChI is InChI=1S/C20H27NO4/c1-18(2,3)12-20(7,19(4,5)6)17(24)25-21-15(22)13-10-8-9-11-14(13)16(21)23/h8-11H,12H2,1-7H3. The van der Waals surface area contributed by atoms with E-state index in [1.807, 2.05) is 48.5 Å². The molecule has 1 aromatic rings. The Kier molecular flexibility index (Phi) is 4.58. The van der Waals surface area contributed by atoms with Gasteiger partial charge < -0.3 is 4.84 Å². The quantitative estimate of drug-likeness (QED) is 0.769. The largest absolute Gasteiger partial charge is 0.339 e. The lowest BCUT2D eigenvalue weighted by Crippen LogP contribution is -2.47. The highest BCUT2D eigenvalue weighted by Crippen LogP contribution is 2.47. The molecule has 1 aliphatic heterocycles. The third-order valence-electron chi connectivity index (χ3n) is 4.92. The van der Waals surface area contributed by atoms with Gasteiger partial charge in [-0.2, -0.15) is 0 Å². The second-order valence-corrected chi connectivity index (χ2v) is 9.15. The molecule has 0 bridgehead atoms. The van der Waals surface area contributed by atoms with E-state index < -0.39 is 28.6 Å². The third-order valence-corrected chi connectivity index (χ3v) is 4.92. The maximum Gasteiger partial charge on any atom is 0.339 e. The first kappa shape index (κ1) is 19.2. The molecule has 0 saturated carbocycles. The first-order valence-corrected chi connectivity index (χ1v) is 8.48. The van der Waals surface area contributed by atoms with Gasteiger partial charge in [-0.1, -0.05) is 58.7 Å². The number of carbonyl (C=O) groups excluding carboxylic acids is 3. The second kappa shape index (κ2) is 5.97. The van der Waals surface area contributed by atoms with Crippen LogP contribution in [0.15, 0.2) is 24.3 Å². The zero-order valence-electron chi connectivity index (χ0n) is 16.1. The van der Waals surface area contributed by atoms with Crippen molar-refractivity contribution in [2.45, 2.75) is 54.9 Å². The Bertz CT molecular complexity index is 689. The minimum atomic E-state index is -0.861. The highest BCUT2D eigenvalue weighted by molar-refractivity contribution is 6.20. The van der Waals surface area contributed by atoms with Crippen molar-refractivity contribution in [1.82, 2.24) is 5.06 Å². The monoisotopic (exact) mass is 345 g/mol. The van der Waals surface area contributed by atoms with Crippen LogP contribution >= 0.6 is 0 Å². The van der Waals surface area contributed by atoms with Gasteiger partial charge >= 0.3 is 5.97 Å². The van der Waals surface area contributed by atoms with Crippen molar-refractivity contribution < 1.29 is 19.2 Å². The van der Waals surface area contributed by atoms with Gasteiger partial charge in [0.1, 0.15) is 0 Å². The summed E-state index contributed by atoms with van der Waals surface area (Å²) in [6.45, 7) is 13.9. The van der Waals surface area contributed by atoms with Crippen LogP contribution in [0.1, 0.15) is 75.6 Å². The number of hydroxylamine groups is 2. The van der Waals surface area contributed by atoms with E-state index in [1.165, 1.54) is 0 Å². The number of rotatable bonds is 3. The minimum absolute atomic E-state index is 0.122. The molecule has 1 atom stereocenters. The van der Waals surface area contributed by atoms with Gasteiger partial charge in [0.25, 0.3) is 11.8 Å². The van der Waals surface area contributed by atoms with E-state index >= 15 is 0 Å². The van der Waals surface area contributed by atoms with E-state index in [-0.39, 0.29) is 16.5 Å². The first-order valence-electron chi connectivity index (χ1n) is 8.48. The van der Waals surface area contributed by atoms with Crippen molar-refractivity contribution >= 4 is 17.8 Å². The molecule has 0 radical (unpaired) electrons. The number of nitrogens with zero attached hydrogens (tertiary/aromatic N) is 1. The molecule has 1 heterocycles. The summed E-state index contributed by atoms with van der Waals surface area (Å²) in [6, 6.07) is 6.46. The summed E-state index contributed by atoms with van der Waals surface area (Å²) in [5.41, 5.74) is -0.873. The summed E-state index contributed by atoms with van der Waals surface area (Å²) in [5.74, 6) is -1.76. The Morgan fingerprint density at radius 2 is 1.36 bits per heavy atom. The smallest absolute Gasteiger partial charge is 0.329 e. The molecule has 0 aliphatic carbocycles. The molecule has 1 aliphatic rings. The van der Waals surface area contributed by atoms with E-state index in [2.05, 4.69) is 0 Å². The van der Waals surface area contributed by atoms with Crippen molar-refractivity contribution in [2.75, 3.05) is 0 Å². The summed E-state index contributed by atoms with van der Waals surface area (Å²) in [6.07, 6.45) is 0.561. The number of imide groups is 1. The summed E-state index contributed by atoms with van der Waals surface area (Å²) >= 11 is 0. The second-order valence-electron chi connectivity index (χ2n) is 9.15. The predicted molar refractivity (Wildman–Crippen MR) is 94.7 cm³/mol. The molecule has 0 saturated heterocycles. The fourth-order valence-corrected chi connectivity index (χ4v) is 3.14. The SMILES string of the molecule is CC(C)(C)CC(C)(C(=O)ON1C(=O)c2ccccc2C1=O)C(C)(C)C. The van der Waals surface area contributed by atoms with Crippen molar-refractivity contribution in [2.24, 2.45) is 16.2 Å². The van der Waals surface area contributed by atoms with Gasteiger partial charge in [-0.05, 0) is 36.3 Å². The van der Waals surface area contributed by atoms with Gasteiger partial charge in [-0.3, -0.25) is 9.59 Å². The average Bonchev–Trinajstić information content (AvgIpc) is 2.70. The van der Waals surface area contributed by atoms with Crippen LogP contribution in [0.2, 0.25) is 0 Å². The van der Waals surface area contributed by atoms with Gasteiger partial charge in [-0.15, -0.1) is 0 Å². The molecule has 25 heavy (non-hydrogen) atoms. The van der Waals surface area contributed by atoms with Crippen molar-refractivity contribution in [3.8, 4) is 0 Å². The Balaban J connectivity index is 2.31. The summed E-state index contributed by atoms with van der Waals surface area (Å²) in [5, 5.41) is 0.597. The van der Waals surface area contributed by atoms with Gasteiger partial charge in [0, 0.05) is 0 Å². The number of carbonyl (C=O) groups is 3. The van der Waals surface area contributed by atoms with E-state index in [0.29, 0.717) is 11.5 Å². The zero-order valence-corrected chi connectivity index (χ0v) is 16.1. The lowest BCUT2D eigenvalue weighted by atomic mass is 9.61.